The number of rotatable bonds is 4. The van der Waals surface area contributed by atoms with Crippen LogP contribution in [0.1, 0.15) is 93.3 Å². The number of amides is 2. The van der Waals surface area contributed by atoms with E-state index in [1.807, 2.05) is 0 Å². The smallest absolute Gasteiger partial charge is 0.292 e. The maximum atomic E-state index is 13.2. The van der Waals surface area contributed by atoms with Gasteiger partial charge in [0.25, 0.3) is 5.91 Å². The van der Waals surface area contributed by atoms with Crippen molar-refractivity contribution < 1.29 is 14.1 Å². The van der Waals surface area contributed by atoms with Gasteiger partial charge in [-0.15, -0.1) is 0 Å². The van der Waals surface area contributed by atoms with E-state index >= 15 is 0 Å². The van der Waals surface area contributed by atoms with E-state index in [9.17, 15) is 9.59 Å². The van der Waals surface area contributed by atoms with E-state index in [1.54, 1.807) is 6.92 Å². The Kier molecular flexibility index (Phi) is 4.91. The summed E-state index contributed by atoms with van der Waals surface area (Å²) in [6, 6.07) is 0. The molecule has 158 valence electrons. The van der Waals surface area contributed by atoms with Crippen molar-refractivity contribution >= 4 is 17.5 Å². The van der Waals surface area contributed by atoms with Gasteiger partial charge in [-0.05, 0) is 76.0 Å². The fraction of sp³-hybridized carbons (Fsp3) is 0.783. The van der Waals surface area contributed by atoms with Gasteiger partial charge in [0.05, 0.1) is 0 Å². The minimum atomic E-state index is -0.219. The van der Waals surface area contributed by atoms with Gasteiger partial charge in [0.1, 0.15) is 11.4 Å². The quantitative estimate of drug-likeness (QED) is 0.725. The molecule has 29 heavy (non-hydrogen) atoms. The molecule has 5 aliphatic rings. The highest BCUT2D eigenvalue weighted by Crippen LogP contribution is 2.55. The molecule has 1 aromatic rings. The van der Waals surface area contributed by atoms with Crippen molar-refractivity contribution in [1.82, 2.24) is 10.5 Å². The van der Waals surface area contributed by atoms with Crippen LogP contribution in [-0.2, 0) is 4.79 Å². The Balaban J connectivity index is 1.30. The molecule has 5 aliphatic carbocycles. The van der Waals surface area contributed by atoms with Crippen LogP contribution in [0.5, 0.6) is 0 Å². The minimum Gasteiger partial charge on any atom is -0.348 e. The van der Waals surface area contributed by atoms with E-state index in [0.29, 0.717) is 11.4 Å². The van der Waals surface area contributed by atoms with Crippen LogP contribution in [0.15, 0.2) is 4.52 Å². The highest BCUT2D eigenvalue weighted by atomic mass is 16.5. The lowest BCUT2D eigenvalue weighted by atomic mass is 9.53. The zero-order valence-corrected chi connectivity index (χ0v) is 17.5. The molecule has 6 nitrogen and oxygen atoms in total. The monoisotopic (exact) mass is 399 g/mol. The second-order valence-electron chi connectivity index (χ2n) is 10.3. The van der Waals surface area contributed by atoms with Gasteiger partial charge < -0.3 is 15.2 Å². The number of nitrogens with zero attached hydrogens (tertiary/aromatic N) is 1. The van der Waals surface area contributed by atoms with Crippen LogP contribution < -0.4 is 10.6 Å². The standard InChI is InChI=1S/C23H33N3O3/c1-14-19(24-21(27)18-6-4-2-3-5-7-18)20(29-26-14)22(28)25-23-11-15-8-16(12-23)10-17(9-15)13-23/h15-18H,2-13H2,1H3,(H,24,27)(H,25,28). The molecule has 2 amide bonds. The first-order valence-corrected chi connectivity index (χ1v) is 11.6. The number of hydrogen-bond acceptors (Lipinski definition) is 4. The molecule has 5 saturated carbocycles. The molecule has 6 rings (SSSR count). The summed E-state index contributed by atoms with van der Waals surface area (Å²) in [6.45, 7) is 1.79. The lowest BCUT2D eigenvalue weighted by Gasteiger charge is -2.56. The summed E-state index contributed by atoms with van der Waals surface area (Å²) in [5.74, 6) is 2.24. The van der Waals surface area contributed by atoms with Gasteiger partial charge in [0.15, 0.2) is 0 Å². The summed E-state index contributed by atoms with van der Waals surface area (Å²) in [7, 11) is 0. The third-order valence-electron chi connectivity index (χ3n) is 7.96. The Morgan fingerprint density at radius 2 is 1.55 bits per heavy atom. The zero-order chi connectivity index (χ0) is 20.0. The molecule has 1 aromatic heterocycles. The zero-order valence-electron chi connectivity index (χ0n) is 17.5. The van der Waals surface area contributed by atoms with Gasteiger partial charge in [-0.25, -0.2) is 0 Å². The second-order valence-corrected chi connectivity index (χ2v) is 10.3. The van der Waals surface area contributed by atoms with Crippen LogP contribution in [0.2, 0.25) is 0 Å². The molecular weight excluding hydrogens is 366 g/mol. The van der Waals surface area contributed by atoms with E-state index < -0.39 is 0 Å². The summed E-state index contributed by atoms with van der Waals surface area (Å²) in [6.07, 6.45) is 13.7. The number of aryl methyl sites for hydroxylation is 1. The highest BCUT2D eigenvalue weighted by molar-refractivity contribution is 6.03. The van der Waals surface area contributed by atoms with Crippen molar-refractivity contribution in [2.45, 2.75) is 89.5 Å². The number of nitrogens with one attached hydrogen (secondary N) is 2. The molecule has 1 heterocycles. The van der Waals surface area contributed by atoms with Crippen LogP contribution in [0, 0.1) is 30.6 Å². The Hall–Kier alpha value is -1.85. The Labute approximate surface area is 172 Å². The molecule has 0 unspecified atom stereocenters. The summed E-state index contributed by atoms with van der Waals surface area (Å²) in [5.41, 5.74) is 0.943. The molecule has 0 saturated heterocycles. The molecule has 0 atom stereocenters. The Bertz CT molecular complexity index is 756. The Morgan fingerprint density at radius 3 is 2.14 bits per heavy atom. The SMILES string of the molecule is Cc1noc(C(=O)NC23CC4CC(CC(C4)C2)C3)c1NC(=O)C1CCCCCC1. The second kappa shape index (κ2) is 7.44. The average Bonchev–Trinajstić information content (AvgIpc) is 2.86. The van der Waals surface area contributed by atoms with Crippen LogP contribution in [0.4, 0.5) is 5.69 Å². The van der Waals surface area contributed by atoms with Gasteiger partial charge in [0, 0.05) is 11.5 Å². The Morgan fingerprint density at radius 1 is 0.966 bits per heavy atom. The molecule has 0 aliphatic heterocycles. The van der Waals surface area contributed by atoms with E-state index in [2.05, 4.69) is 15.8 Å². The molecular formula is C23H33N3O3. The van der Waals surface area contributed by atoms with Gasteiger partial charge in [-0.1, -0.05) is 30.8 Å². The molecule has 0 aromatic carbocycles. The fourth-order valence-corrected chi connectivity index (χ4v) is 7.00. The summed E-state index contributed by atoms with van der Waals surface area (Å²) in [5, 5.41) is 10.3. The van der Waals surface area contributed by atoms with Crippen LogP contribution in [0.25, 0.3) is 0 Å². The molecule has 0 radical (unpaired) electrons. The van der Waals surface area contributed by atoms with E-state index in [1.165, 1.54) is 32.1 Å². The van der Waals surface area contributed by atoms with E-state index in [4.69, 9.17) is 4.52 Å². The largest absolute Gasteiger partial charge is 0.348 e. The molecule has 5 fully saturated rings. The molecule has 2 N–H and O–H groups in total. The van der Waals surface area contributed by atoms with Crippen LogP contribution in [-0.4, -0.2) is 22.5 Å². The van der Waals surface area contributed by atoms with Crippen LogP contribution >= 0.6 is 0 Å². The molecule has 0 spiro atoms. The lowest BCUT2D eigenvalue weighted by molar-refractivity contribution is -0.120. The van der Waals surface area contributed by atoms with Gasteiger partial charge in [-0.3, -0.25) is 9.59 Å². The average molecular weight is 400 g/mol. The van der Waals surface area contributed by atoms with Crippen LogP contribution in [0.3, 0.4) is 0 Å². The van der Waals surface area contributed by atoms with Crippen molar-refractivity contribution in [3.05, 3.63) is 11.5 Å². The summed E-state index contributed by atoms with van der Waals surface area (Å²) in [4.78, 5) is 26.0. The number of carbonyl (C=O) groups excluding carboxylic acids is 2. The number of hydrogen-bond donors (Lipinski definition) is 2. The van der Waals surface area contributed by atoms with Gasteiger partial charge in [-0.2, -0.15) is 0 Å². The third-order valence-corrected chi connectivity index (χ3v) is 7.96. The number of anilines is 1. The minimum absolute atomic E-state index is 0.00190. The summed E-state index contributed by atoms with van der Waals surface area (Å²) >= 11 is 0. The van der Waals surface area contributed by atoms with Gasteiger partial charge in [0.2, 0.25) is 11.7 Å². The van der Waals surface area contributed by atoms with Crippen molar-refractivity contribution in [3.63, 3.8) is 0 Å². The third kappa shape index (κ3) is 3.71. The van der Waals surface area contributed by atoms with E-state index in [-0.39, 0.29) is 29.0 Å². The first-order valence-electron chi connectivity index (χ1n) is 11.6. The van der Waals surface area contributed by atoms with Crippen molar-refractivity contribution in [3.8, 4) is 0 Å². The fourth-order valence-electron chi connectivity index (χ4n) is 7.00. The summed E-state index contributed by atoms with van der Waals surface area (Å²) < 4.78 is 5.41. The van der Waals surface area contributed by atoms with E-state index in [0.717, 1.165) is 62.7 Å². The van der Waals surface area contributed by atoms with Gasteiger partial charge >= 0.3 is 0 Å². The topological polar surface area (TPSA) is 84.2 Å². The van der Waals surface area contributed by atoms with Crippen molar-refractivity contribution in [1.29, 1.82) is 0 Å². The molecule has 6 heteroatoms. The predicted molar refractivity (Wildman–Crippen MR) is 109 cm³/mol. The number of carbonyl (C=O) groups is 2. The normalized spacial score (nSPS) is 34.0. The highest BCUT2D eigenvalue weighted by Gasteiger charge is 2.52. The molecule has 4 bridgehead atoms. The van der Waals surface area contributed by atoms with Crippen molar-refractivity contribution in [2.75, 3.05) is 5.32 Å². The first kappa shape index (κ1) is 19.1. The van der Waals surface area contributed by atoms with Crippen molar-refractivity contribution in [2.24, 2.45) is 23.7 Å². The lowest BCUT2D eigenvalue weighted by Crippen LogP contribution is -2.59. The maximum absolute atomic E-state index is 13.2. The maximum Gasteiger partial charge on any atom is 0.292 e. The first-order chi connectivity index (χ1) is 14.0. The predicted octanol–water partition coefficient (Wildman–Crippen LogP) is 4.59. The number of aromatic nitrogens is 1.